The minimum Gasteiger partial charge on any atom is -0.330 e. The van der Waals surface area contributed by atoms with Gasteiger partial charge in [-0.1, -0.05) is 0 Å². The third kappa shape index (κ3) is 3.78. The smallest absolute Gasteiger partial charge is 0.0499 e. The number of hydrogen-bond acceptors (Lipinski definition) is 3. The molecule has 0 radical (unpaired) electrons. The van der Waals surface area contributed by atoms with Crippen LogP contribution in [0.5, 0.6) is 0 Å². The molecule has 0 aliphatic heterocycles. The Labute approximate surface area is 77.3 Å². The zero-order chi connectivity index (χ0) is 8.65. The molecule has 3 nitrogen and oxygen atoms in total. The molecule has 0 unspecified atom stereocenters. The van der Waals surface area contributed by atoms with Crippen LogP contribution in [-0.4, -0.2) is 27.8 Å². The Kier molecular flexibility index (Phi) is 4.87. The second kappa shape index (κ2) is 6.08. The van der Waals surface area contributed by atoms with Crippen molar-refractivity contribution in [1.82, 2.24) is 9.78 Å². The van der Waals surface area contributed by atoms with E-state index in [2.05, 4.69) is 5.10 Å². The van der Waals surface area contributed by atoms with E-state index in [4.69, 9.17) is 5.73 Å². The van der Waals surface area contributed by atoms with E-state index in [9.17, 15) is 0 Å². The van der Waals surface area contributed by atoms with Crippen LogP contribution in [0.1, 0.15) is 6.42 Å². The minimum absolute atomic E-state index is 0.800. The Morgan fingerprint density at radius 2 is 2.33 bits per heavy atom. The molecule has 0 fully saturated rings. The summed E-state index contributed by atoms with van der Waals surface area (Å²) >= 11 is 1.94. The molecular formula is C8H15N3S. The quantitative estimate of drug-likeness (QED) is 0.671. The number of nitrogens with two attached hydrogens (primary N) is 1. The second-order valence-corrected chi connectivity index (χ2v) is 3.75. The third-order valence-corrected chi connectivity index (χ3v) is 2.57. The summed E-state index contributed by atoms with van der Waals surface area (Å²) in [5, 5.41) is 4.11. The summed E-state index contributed by atoms with van der Waals surface area (Å²) in [6, 6.07) is 1.95. The van der Waals surface area contributed by atoms with Crippen LogP contribution in [-0.2, 0) is 6.54 Å². The number of hydrogen-bond donors (Lipinski definition) is 1. The van der Waals surface area contributed by atoms with E-state index in [1.165, 1.54) is 0 Å². The van der Waals surface area contributed by atoms with Crippen LogP contribution in [0, 0.1) is 0 Å². The average molecular weight is 185 g/mol. The Balaban J connectivity index is 1.96. The lowest BCUT2D eigenvalue weighted by atomic mass is 10.5. The third-order valence-electron chi connectivity index (χ3n) is 1.52. The standard InChI is InChI=1S/C8H15N3S/c9-3-1-7-12-8-6-11-5-2-4-10-11/h2,4-5H,1,3,6-9H2. The molecule has 0 spiro atoms. The van der Waals surface area contributed by atoms with Gasteiger partial charge in [0.1, 0.15) is 0 Å². The van der Waals surface area contributed by atoms with E-state index in [1.54, 1.807) is 0 Å². The van der Waals surface area contributed by atoms with Gasteiger partial charge in [-0.15, -0.1) is 0 Å². The van der Waals surface area contributed by atoms with Crippen molar-refractivity contribution in [3.63, 3.8) is 0 Å². The van der Waals surface area contributed by atoms with Crippen molar-refractivity contribution in [1.29, 1.82) is 0 Å². The van der Waals surface area contributed by atoms with Crippen molar-refractivity contribution in [3.05, 3.63) is 18.5 Å². The first-order chi connectivity index (χ1) is 5.93. The number of aryl methyl sites for hydroxylation is 1. The summed E-state index contributed by atoms with van der Waals surface area (Å²) in [5.41, 5.74) is 5.37. The molecule has 0 bridgehead atoms. The lowest BCUT2D eigenvalue weighted by Crippen LogP contribution is -2.03. The first-order valence-electron chi connectivity index (χ1n) is 4.18. The fourth-order valence-corrected chi connectivity index (χ4v) is 1.77. The summed E-state index contributed by atoms with van der Waals surface area (Å²) in [6.07, 6.45) is 4.91. The van der Waals surface area contributed by atoms with Crippen LogP contribution >= 0.6 is 11.8 Å². The molecule has 1 heterocycles. The van der Waals surface area contributed by atoms with Crippen LogP contribution in [0.2, 0.25) is 0 Å². The Morgan fingerprint density at radius 1 is 1.42 bits per heavy atom. The molecule has 68 valence electrons. The molecule has 0 atom stereocenters. The van der Waals surface area contributed by atoms with Gasteiger partial charge in [0, 0.05) is 24.7 Å². The van der Waals surface area contributed by atoms with Crippen LogP contribution in [0.3, 0.4) is 0 Å². The monoisotopic (exact) mass is 185 g/mol. The van der Waals surface area contributed by atoms with E-state index in [-0.39, 0.29) is 0 Å². The van der Waals surface area contributed by atoms with Gasteiger partial charge in [-0.2, -0.15) is 16.9 Å². The highest BCUT2D eigenvalue weighted by molar-refractivity contribution is 7.99. The molecule has 1 aromatic rings. The highest BCUT2D eigenvalue weighted by atomic mass is 32.2. The molecule has 12 heavy (non-hydrogen) atoms. The van der Waals surface area contributed by atoms with Gasteiger partial charge in [-0.05, 0) is 24.8 Å². The lowest BCUT2D eigenvalue weighted by molar-refractivity contribution is 0.666. The maximum Gasteiger partial charge on any atom is 0.0499 e. The molecule has 0 saturated carbocycles. The van der Waals surface area contributed by atoms with Gasteiger partial charge in [-0.3, -0.25) is 4.68 Å². The molecule has 2 N–H and O–H groups in total. The van der Waals surface area contributed by atoms with Gasteiger partial charge in [0.15, 0.2) is 0 Å². The van der Waals surface area contributed by atoms with E-state index in [0.717, 1.165) is 31.0 Å². The SMILES string of the molecule is NCCCSCCn1cccn1. The van der Waals surface area contributed by atoms with Crippen LogP contribution < -0.4 is 5.73 Å². The Bertz CT molecular complexity index is 186. The summed E-state index contributed by atoms with van der Waals surface area (Å²) in [6.45, 7) is 1.80. The maximum absolute atomic E-state index is 5.37. The van der Waals surface area contributed by atoms with Crippen molar-refractivity contribution in [2.75, 3.05) is 18.1 Å². The molecule has 0 aromatic carbocycles. The first kappa shape index (κ1) is 9.61. The molecular weight excluding hydrogens is 170 g/mol. The number of nitrogens with zero attached hydrogens (tertiary/aromatic N) is 2. The highest BCUT2D eigenvalue weighted by Gasteiger charge is 1.90. The normalized spacial score (nSPS) is 10.4. The van der Waals surface area contributed by atoms with Crippen molar-refractivity contribution in [3.8, 4) is 0 Å². The van der Waals surface area contributed by atoms with Gasteiger partial charge in [0.2, 0.25) is 0 Å². The van der Waals surface area contributed by atoms with Gasteiger partial charge < -0.3 is 5.73 Å². The van der Waals surface area contributed by atoms with Gasteiger partial charge in [0.05, 0.1) is 0 Å². The van der Waals surface area contributed by atoms with Gasteiger partial charge in [-0.25, -0.2) is 0 Å². The summed E-state index contributed by atoms with van der Waals surface area (Å²) in [7, 11) is 0. The maximum atomic E-state index is 5.37. The molecule has 1 rings (SSSR count). The highest BCUT2D eigenvalue weighted by Crippen LogP contribution is 2.02. The lowest BCUT2D eigenvalue weighted by Gasteiger charge is -2.00. The number of thioether (sulfide) groups is 1. The molecule has 0 saturated heterocycles. The molecule has 1 aromatic heterocycles. The largest absolute Gasteiger partial charge is 0.330 e. The average Bonchev–Trinajstić information content (AvgIpc) is 2.57. The zero-order valence-electron chi connectivity index (χ0n) is 7.15. The fraction of sp³-hybridized carbons (Fsp3) is 0.625. The molecule has 0 aliphatic rings. The fourth-order valence-electron chi connectivity index (χ4n) is 0.878. The van der Waals surface area contributed by atoms with Gasteiger partial charge in [0.25, 0.3) is 0 Å². The summed E-state index contributed by atoms with van der Waals surface area (Å²) in [4.78, 5) is 0. The topological polar surface area (TPSA) is 43.8 Å². The van der Waals surface area contributed by atoms with Crippen molar-refractivity contribution >= 4 is 11.8 Å². The molecule has 0 amide bonds. The van der Waals surface area contributed by atoms with E-state index >= 15 is 0 Å². The predicted octanol–water partition coefficient (Wildman–Crippen LogP) is 0.965. The first-order valence-corrected chi connectivity index (χ1v) is 5.34. The van der Waals surface area contributed by atoms with E-state index < -0.39 is 0 Å². The number of rotatable bonds is 6. The van der Waals surface area contributed by atoms with E-state index in [1.807, 2.05) is 34.9 Å². The number of aromatic nitrogens is 2. The zero-order valence-corrected chi connectivity index (χ0v) is 7.96. The van der Waals surface area contributed by atoms with Crippen molar-refractivity contribution in [2.24, 2.45) is 5.73 Å². The van der Waals surface area contributed by atoms with Crippen LogP contribution in [0.4, 0.5) is 0 Å². The Morgan fingerprint density at radius 3 is 3.00 bits per heavy atom. The van der Waals surface area contributed by atoms with Crippen LogP contribution in [0.25, 0.3) is 0 Å². The van der Waals surface area contributed by atoms with Crippen molar-refractivity contribution < 1.29 is 0 Å². The Hall–Kier alpha value is -0.480. The van der Waals surface area contributed by atoms with E-state index in [0.29, 0.717) is 0 Å². The van der Waals surface area contributed by atoms with Gasteiger partial charge >= 0.3 is 0 Å². The second-order valence-electron chi connectivity index (χ2n) is 2.52. The summed E-state index contributed by atoms with van der Waals surface area (Å²) < 4.78 is 1.95. The van der Waals surface area contributed by atoms with Crippen LogP contribution in [0.15, 0.2) is 18.5 Å². The predicted molar refractivity (Wildman–Crippen MR) is 53.2 cm³/mol. The van der Waals surface area contributed by atoms with Crippen molar-refractivity contribution in [2.45, 2.75) is 13.0 Å². The molecule has 4 heteroatoms. The summed E-state index contributed by atoms with van der Waals surface area (Å²) in [5.74, 6) is 2.29. The molecule has 0 aliphatic carbocycles. The minimum atomic E-state index is 0.800.